The standard InChI is InChI=1S/C16H16FN3/c1-12(18)10-16(15-8-4-5-9-19-15)20-11-13-6-2-3-7-14(13)17/h2-10H,11,18H2,1H3/b12-10-,20-16?. The van der Waals surface area contributed by atoms with Crippen LogP contribution in [0.3, 0.4) is 0 Å². The highest BCUT2D eigenvalue weighted by molar-refractivity contribution is 6.07. The van der Waals surface area contributed by atoms with Gasteiger partial charge in [-0.3, -0.25) is 9.98 Å². The zero-order valence-corrected chi connectivity index (χ0v) is 11.3. The van der Waals surface area contributed by atoms with Gasteiger partial charge in [-0.1, -0.05) is 24.3 Å². The third-order valence-corrected chi connectivity index (χ3v) is 2.67. The van der Waals surface area contributed by atoms with Crippen molar-refractivity contribution in [1.29, 1.82) is 0 Å². The van der Waals surface area contributed by atoms with E-state index in [2.05, 4.69) is 9.98 Å². The number of nitrogens with two attached hydrogens (primary N) is 1. The van der Waals surface area contributed by atoms with Gasteiger partial charge >= 0.3 is 0 Å². The highest BCUT2D eigenvalue weighted by Crippen LogP contribution is 2.09. The first-order chi connectivity index (χ1) is 9.66. The summed E-state index contributed by atoms with van der Waals surface area (Å²) in [7, 11) is 0. The number of allylic oxidation sites excluding steroid dienone is 2. The molecule has 2 aromatic rings. The highest BCUT2D eigenvalue weighted by Gasteiger charge is 2.04. The van der Waals surface area contributed by atoms with Crippen LogP contribution in [-0.4, -0.2) is 10.7 Å². The fourth-order valence-corrected chi connectivity index (χ4v) is 1.73. The van der Waals surface area contributed by atoms with Crippen LogP contribution < -0.4 is 5.73 Å². The predicted octanol–water partition coefficient (Wildman–Crippen LogP) is 3.07. The number of rotatable bonds is 4. The summed E-state index contributed by atoms with van der Waals surface area (Å²) >= 11 is 0. The zero-order chi connectivity index (χ0) is 14.4. The molecule has 0 unspecified atom stereocenters. The van der Waals surface area contributed by atoms with Crippen LogP contribution >= 0.6 is 0 Å². The first kappa shape index (κ1) is 13.9. The SMILES string of the molecule is C/C(N)=C/C(=NCc1ccccc1F)c1ccccn1. The number of hydrogen-bond donors (Lipinski definition) is 1. The first-order valence-corrected chi connectivity index (χ1v) is 6.30. The van der Waals surface area contributed by atoms with Gasteiger partial charge in [-0.15, -0.1) is 0 Å². The Labute approximate surface area is 117 Å². The molecule has 0 saturated heterocycles. The van der Waals surface area contributed by atoms with Crippen molar-refractivity contribution in [1.82, 2.24) is 4.98 Å². The van der Waals surface area contributed by atoms with Gasteiger partial charge in [0, 0.05) is 17.5 Å². The monoisotopic (exact) mass is 269 g/mol. The van der Waals surface area contributed by atoms with Gasteiger partial charge in [-0.2, -0.15) is 0 Å². The molecule has 4 heteroatoms. The Bertz CT molecular complexity index is 629. The van der Waals surface area contributed by atoms with Crippen LogP contribution in [0.25, 0.3) is 0 Å². The van der Waals surface area contributed by atoms with E-state index < -0.39 is 0 Å². The fourth-order valence-electron chi connectivity index (χ4n) is 1.73. The minimum Gasteiger partial charge on any atom is -0.402 e. The lowest BCUT2D eigenvalue weighted by atomic mass is 10.2. The molecule has 0 fully saturated rings. The normalized spacial score (nSPS) is 12.5. The van der Waals surface area contributed by atoms with Crippen LogP contribution in [-0.2, 0) is 6.54 Å². The number of pyridine rings is 1. The van der Waals surface area contributed by atoms with Gasteiger partial charge in [0.25, 0.3) is 0 Å². The predicted molar refractivity (Wildman–Crippen MR) is 78.8 cm³/mol. The van der Waals surface area contributed by atoms with E-state index in [0.29, 0.717) is 22.7 Å². The lowest BCUT2D eigenvalue weighted by molar-refractivity contribution is 0.611. The number of benzene rings is 1. The molecular weight excluding hydrogens is 253 g/mol. The van der Waals surface area contributed by atoms with Gasteiger partial charge in [0.1, 0.15) is 5.82 Å². The summed E-state index contributed by atoms with van der Waals surface area (Å²) in [5.74, 6) is -0.259. The molecule has 0 spiro atoms. The summed E-state index contributed by atoms with van der Waals surface area (Å²) in [5.41, 5.74) is 8.24. The summed E-state index contributed by atoms with van der Waals surface area (Å²) in [6.07, 6.45) is 3.43. The molecule has 0 radical (unpaired) electrons. The van der Waals surface area contributed by atoms with Crippen LogP contribution in [0.1, 0.15) is 18.2 Å². The molecule has 2 rings (SSSR count). The molecule has 0 atom stereocenters. The zero-order valence-electron chi connectivity index (χ0n) is 11.3. The van der Waals surface area contributed by atoms with Gasteiger partial charge in [0.15, 0.2) is 0 Å². The Morgan fingerprint density at radius 3 is 2.65 bits per heavy atom. The van der Waals surface area contributed by atoms with Crippen molar-refractivity contribution in [3.8, 4) is 0 Å². The smallest absolute Gasteiger partial charge is 0.128 e. The Balaban J connectivity index is 2.31. The maximum absolute atomic E-state index is 13.6. The molecule has 1 aromatic heterocycles. The average molecular weight is 269 g/mol. The van der Waals surface area contributed by atoms with Crippen molar-refractivity contribution >= 4 is 5.71 Å². The third-order valence-electron chi connectivity index (χ3n) is 2.67. The fraction of sp³-hybridized carbons (Fsp3) is 0.125. The molecule has 0 bridgehead atoms. The van der Waals surface area contributed by atoms with Gasteiger partial charge in [-0.05, 0) is 31.2 Å². The van der Waals surface area contributed by atoms with Crippen LogP contribution in [0, 0.1) is 5.82 Å². The third kappa shape index (κ3) is 3.75. The second-order valence-corrected chi connectivity index (χ2v) is 4.40. The Morgan fingerprint density at radius 2 is 2.00 bits per heavy atom. The lowest BCUT2D eigenvalue weighted by Gasteiger charge is -2.03. The Hall–Kier alpha value is -2.49. The maximum atomic E-state index is 13.6. The van der Waals surface area contributed by atoms with Crippen molar-refractivity contribution in [2.24, 2.45) is 10.7 Å². The van der Waals surface area contributed by atoms with E-state index in [0.717, 1.165) is 0 Å². The summed E-state index contributed by atoms with van der Waals surface area (Å²) in [4.78, 5) is 8.67. The summed E-state index contributed by atoms with van der Waals surface area (Å²) in [5, 5.41) is 0. The van der Waals surface area contributed by atoms with E-state index in [9.17, 15) is 4.39 Å². The van der Waals surface area contributed by atoms with Crippen LogP contribution in [0.4, 0.5) is 4.39 Å². The van der Waals surface area contributed by atoms with Gasteiger partial charge < -0.3 is 5.73 Å². The van der Waals surface area contributed by atoms with Crippen molar-refractivity contribution in [3.05, 3.63) is 77.5 Å². The molecule has 1 aromatic carbocycles. The van der Waals surface area contributed by atoms with E-state index in [1.165, 1.54) is 6.07 Å². The van der Waals surface area contributed by atoms with Crippen molar-refractivity contribution in [2.45, 2.75) is 13.5 Å². The minimum atomic E-state index is -0.259. The molecule has 20 heavy (non-hydrogen) atoms. The summed E-state index contributed by atoms with van der Waals surface area (Å²) < 4.78 is 13.6. The number of nitrogens with zero attached hydrogens (tertiary/aromatic N) is 2. The molecule has 3 nitrogen and oxygen atoms in total. The second-order valence-electron chi connectivity index (χ2n) is 4.40. The topological polar surface area (TPSA) is 51.3 Å². The van der Waals surface area contributed by atoms with Crippen molar-refractivity contribution < 1.29 is 4.39 Å². The van der Waals surface area contributed by atoms with Crippen molar-refractivity contribution in [2.75, 3.05) is 0 Å². The molecule has 0 aliphatic heterocycles. The average Bonchev–Trinajstić information content (AvgIpc) is 2.45. The molecule has 0 aliphatic rings. The molecule has 102 valence electrons. The quantitative estimate of drug-likeness (QED) is 0.867. The van der Waals surface area contributed by atoms with Crippen LogP contribution in [0.15, 0.2) is 65.4 Å². The van der Waals surface area contributed by atoms with Crippen LogP contribution in [0.5, 0.6) is 0 Å². The number of halogens is 1. The van der Waals surface area contributed by atoms with Gasteiger partial charge in [0.2, 0.25) is 0 Å². The number of aliphatic imine (C=N–C) groups is 1. The highest BCUT2D eigenvalue weighted by atomic mass is 19.1. The van der Waals surface area contributed by atoms with Gasteiger partial charge in [-0.25, -0.2) is 4.39 Å². The lowest BCUT2D eigenvalue weighted by Crippen LogP contribution is -2.05. The van der Waals surface area contributed by atoms with E-state index in [4.69, 9.17) is 5.73 Å². The van der Waals surface area contributed by atoms with Crippen molar-refractivity contribution in [3.63, 3.8) is 0 Å². The Kier molecular flexibility index (Phi) is 4.60. The first-order valence-electron chi connectivity index (χ1n) is 6.30. The molecule has 1 heterocycles. The summed E-state index contributed by atoms with van der Waals surface area (Å²) in [6, 6.07) is 12.1. The van der Waals surface area contributed by atoms with E-state index in [1.54, 1.807) is 37.4 Å². The van der Waals surface area contributed by atoms with Gasteiger partial charge in [0.05, 0.1) is 18.0 Å². The van der Waals surface area contributed by atoms with E-state index >= 15 is 0 Å². The number of hydrogen-bond acceptors (Lipinski definition) is 3. The molecule has 0 aliphatic carbocycles. The minimum absolute atomic E-state index is 0.252. The second kappa shape index (κ2) is 6.61. The molecule has 2 N–H and O–H groups in total. The summed E-state index contributed by atoms with van der Waals surface area (Å²) in [6.45, 7) is 2.03. The molecular formula is C16H16FN3. The van der Waals surface area contributed by atoms with E-state index in [1.807, 2.05) is 18.2 Å². The number of aromatic nitrogens is 1. The Morgan fingerprint density at radius 1 is 1.25 bits per heavy atom. The maximum Gasteiger partial charge on any atom is 0.128 e. The molecule has 0 saturated carbocycles. The van der Waals surface area contributed by atoms with E-state index in [-0.39, 0.29) is 12.4 Å². The largest absolute Gasteiger partial charge is 0.402 e. The van der Waals surface area contributed by atoms with Crippen LogP contribution in [0.2, 0.25) is 0 Å². The molecule has 0 amide bonds.